The summed E-state index contributed by atoms with van der Waals surface area (Å²) in [5.41, 5.74) is 1.48. The van der Waals surface area contributed by atoms with Crippen molar-refractivity contribution in [3.63, 3.8) is 0 Å². The Hall–Kier alpha value is -1.84. The molecule has 4 nitrogen and oxygen atoms in total. The van der Waals surface area contributed by atoms with E-state index in [2.05, 4.69) is 19.0 Å². The number of nitrogens with zero attached hydrogens (tertiary/aromatic N) is 1. The average molecular weight is 233 g/mol. The predicted molar refractivity (Wildman–Crippen MR) is 63.9 cm³/mol. The van der Waals surface area contributed by atoms with Crippen LogP contribution in [0.15, 0.2) is 22.7 Å². The van der Waals surface area contributed by atoms with Gasteiger partial charge in [0.05, 0.1) is 6.42 Å². The quantitative estimate of drug-likeness (QED) is 0.881. The van der Waals surface area contributed by atoms with Crippen molar-refractivity contribution in [1.82, 2.24) is 5.16 Å². The summed E-state index contributed by atoms with van der Waals surface area (Å²) in [4.78, 5) is 10.6. The SMILES string of the molecule is CC(C)Cc1onc2cc(CC(=O)O)ccc12. The number of carboxylic acid groups (broad SMARTS) is 1. The van der Waals surface area contributed by atoms with E-state index >= 15 is 0 Å². The zero-order chi connectivity index (χ0) is 12.4. The van der Waals surface area contributed by atoms with Crippen LogP contribution >= 0.6 is 0 Å². The van der Waals surface area contributed by atoms with E-state index in [-0.39, 0.29) is 6.42 Å². The van der Waals surface area contributed by atoms with E-state index in [0.717, 1.165) is 28.6 Å². The average Bonchev–Trinajstić information content (AvgIpc) is 2.59. The molecule has 2 aromatic rings. The standard InChI is InChI=1S/C13H15NO3/c1-8(2)5-12-10-4-3-9(7-13(15)16)6-11(10)14-17-12/h3-4,6,8H,5,7H2,1-2H3,(H,15,16). The van der Waals surface area contributed by atoms with Gasteiger partial charge < -0.3 is 9.63 Å². The molecule has 1 aromatic carbocycles. The Balaban J connectivity index is 2.34. The minimum atomic E-state index is -0.838. The molecular formula is C13H15NO3. The van der Waals surface area contributed by atoms with E-state index < -0.39 is 5.97 Å². The van der Waals surface area contributed by atoms with Gasteiger partial charge in [-0.2, -0.15) is 0 Å². The van der Waals surface area contributed by atoms with Crippen LogP contribution in [0.1, 0.15) is 25.2 Å². The lowest BCUT2D eigenvalue weighted by molar-refractivity contribution is -0.136. The lowest BCUT2D eigenvalue weighted by atomic mass is 10.0. The molecule has 0 aliphatic heterocycles. The molecule has 0 bridgehead atoms. The molecule has 0 saturated heterocycles. The molecule has 1 aromatic heterocycles. The molecule has 0 radical (unpaired) electrons. The van der Waals surface area contributed by atoms with Crippen LogP contribution in [-0.2, 0) is 17.6 Å². The first-order valence-electron chi connectivity index (χ1n) is 5.65. The molecule has 4 heteroatoms. The van der Waals surface area contributed by atoms with Crippen molar-refractivity contribution in [2.24, 2.45) is 5.92 Å². The van der Waals surface area contributed by atoms with Crippen LogP contribution in [0.2, 0.25) is 0 Å². The fraction of sp³-hybridized carbons (Fsp3) is 0.385. The van der Waals surface area contributed by atoms with Crippen LogP contribution in [0.4, 0.5) is 0 Å². The second-order valence-electron chi connectivity index (χ2n) is 4.63. The molecule has 0 spiro atoms. The molecule has 2 rings (SSSR count). The van der Waals surface area contributed by atoms with Gasteiger partial charge in [-0.15, -0.1) is 0 Å². The van der Waals surface area contributed by atoms with Crippen molar-refractivity contribution >= 4 is 16.9 Å². The van der Waals surface area contributed by atoms with Crippen molar-refractivity contribution < 1.29 is 14.4 Å². The highest BCUT2D eigenvalue weighted by molar-refractivity contribution is 5.82. The van der Waals surface area contributed by atoms with Crippen molar-refractivity contribution in [3.05, 3.63) is 29.5 Å². The molecule has 0 aliphatic rings. The van der Waals surface area contributed by atoms with Gasteiger partial charge in [0, 0.05) is 11.8 Å². The fourth-order valence-electron chi connectivity index (χ4n) is 1.84. The zero-order valence-electron chi connectivity index (χ0n) is 9.93. The second-order valence-corrected chi connectivity index (χ2v) is 4.63. The summed E-state index contributed by atoms with van der Waals surface area (Å²) in [6, 6.07) is 5.48. The summed E-state index contributed by atoms with van der Waals surface area (Å²) in [6.07, 6.45) is 0.858. The van der Waals surface area contributed by atoms with E-state index in [4.69, 9.17) is 9.63 Å². The molecule has 0 unspecified atom stereocenters. The minimum Gasteiger partial charge on any atom is -0.481 e. The highest BCUT2D eigenvalue weighted by Gasteiger charge is 2.11. The lowest BCUT2D eigenvalue weighted by Gasteiger charge is -2.00. The highest BCUT2D eigenvalue weighted by Crippen LogP contribution is 2.22. The molecule has 90 valence electrons. The molecule has 0 aliphatic carbocycles. The lowest BCUT2D eigenvalue weighted by Crippen LogP contribution is -1.99. The Labute approximate surface area is 99.2 Å². The number of aromatic nitrogens is 1. The van der Waals surface area contributed by atoms with Gasteiger partial charge in [0.1, 0.15) is 11.3 Å². The van der Waals surface area contributed by atoms with Crippen LogP contribution in [0.3, 0.4) is 0 Å². The highest BCUT2D eigenvalue weighted by atomic mass is 16.5. The van der Waals surface area contributed by atoms with E-state index in [1.165, 1.54) is 0 Å². The maximum atomic E-state index is 10.6. The Bertz CT molecular complexity index is 543. The smallest absolute Gasteiger partial charge is 0.307 e. The summed E-state index contributed by atoms with van der Waals surface area (Å²) in [6.45, 7) is 4.24. The first kappa shape index (κ1) is 11.6. The molecule has 1 heterocycles. The van der Waals surface area contributed by atoms with Crippen LogP contribution in [-0.4, -0.2) is 16.2 Å². The predicted octanol–water partition coefficient (Wildman–Crippen LogP) is 2.65. The molecule has 0 atom stereocenters. The van der Waals surface area contributed by atoms with Crippen molar-refractivity contribution in [2.75, 3.05) is 0 Å². The van der Waals surface area contributed by atoms with E-state index in [1.54, 1.807) is 6.07 Å². The molecule has 0 saturated carbocycles. The number of carbonyl (C=O) groups is 1. The maximum absolute atomic E-state index is 10.6. The molecule has 0 fully saturated rings. The van der Waals surface area contributed by atoms with Gasteiger partial charge in [0.2, 0.25) is 0 Å². The van der Waals surface area contributed by atoms with E-state index in [1.807, 2.05) is 12.1 Å². The van der Waals surface area contributed by atoms with Gasteiger partial charge in [-0.25, -0.2) is 0 Å². The Morgan fingerprint density at radius 2 is 2.24 bits per heavy atom. The Morgan fingerprint density at radius 1 is 1.47 bits per heavy atom. The summed E-state index contributed by atoms with van der Waals surface area (Å²) >= 11 is 0. The monoisotopic (exact) mass is 233 g/mol. The number of hydrogen-bond donors (Lipinski definition) is 1. The van der Waals surface area contributed by atoms with Crippen LogP contribution < -0.4 is 0 Å². The minimum absolute atomic E-state index is 0.0162. The zero-order valence-corrected chi connectivity index (χ0v) is 9.93. The third-order valence-electron chi connectivity index (χ3n) is 2.57. The van der Waals surface area contributed by atoms with E-state index in [0.29, 0.717) is 5.92 Å². The number of fused-ring (bicyclic) bond motifs is 1. The maximum Gasteiger partial charge on any atom is 0.307 e. The van der Waals surface area contributed by atoms with Crippen LogP contribution in [0.5, 0.6) is 0 Å². The normalized spacial score (nSPS) is 11.2. The molecule has 1 N–H and O–H groups in total. The molecule has 0 amide bonds. The van der Waals surface area contributed by atoms with Gasteiger partial charge in [-0.3, -0.25) is 4.79 Å². The molecular weight excluding hydrogens is 218 g/mol. The number of benzene rings is 1. The largest absolute Gasteiger partial charge is 0.481 e. The molecule has 17 heavy (non-hydrogen) atoms. The summed E-state index contributed by atoms with van der Waals surface area (Å²) < 4.78 is 5.29. The van der Waals surface area contributed by atoms with E-state index in [9.17, 15) is 4.79 Å². The number of carboxylic acids is 1. The van der Waals surface area contributed by atoms with Crippen molar-refractivity contribution in [1.29, 1.82) is 0 Å². The number of hydrogen-bond acceptors (Lipinski definition) is 3. The van der Waals surface area contributed by atoms with Gasteiger partial charge in [0.15, 0.2) is 0 Å². The van der Waals surface area contributed by atoms with Gasteiger partial charge in [-0.05, 0) is 23.6 Å². The fourth-order valence-corrected chi connectivity index (χ4v) is 1.84. The van der Waals surface area contributed by atoms with Gasteiger partial charge in [0.25, 0.3) is 0 Å². The number of rotatable bonds is 4. The Morgan fingerprint density at radius 3 is 2.88 bits per heavy atom. The van der Waals surface area contributed by atoms with Crippen LogP contribution in [0.25, 0.3) is 10.9 Å². The third kappa shape index (κ3) is 2.64. The third-order valence-corrected chi connectivity index (χ3v) is 2.57. The second kappa shape index (κ2) is 4.57. The summed E-state index contributed by atoms with van der Waals surface area (Å²) in [5.74, 6) is 0.539. The van der Waals surface area contributed by atoms with Gasteiger partial charge >= 0.3 is 5.97 Å². The summed E-state index contributed by atoms with van der Waals surface area (Å²) in [7, 11) is 0. The van der Waals surface area contributed by atoms with Crippen molar-refractivity contribution in [3.8, 4) is 0 Å². The summed E-state index contributed by atoms with van der Waals surface area (Å²) in [5, 5.41) is 13.7. The Kier molecular flexibility index (Phi) is 3.13. The topological polar surface area (TPSA) is 63.3 Å². The first-order valence-corrected chi connectivity index (χ1v) is 5.65. The van der Waals surface area contributed by atoms with Crippen molar-refractivity contribution in [2.45, 2.75) is 26.7 Å². The number of aliphatic carboxylic acids is 1. The van der Waals surface area contributed by atoms with Crippen LogP contribution in [0, 0.1) is 5.92 Å². The van der Waals surface area contributed by atoms with Gasteiger partial charge in [-0.1, -0.05) is 25.1 Å². The first-order chi connectivity index (χ1) is 8.06.